The zero-order valence-electron chi connectivity index (χ0n) is 30.9. The summed E-state index contributed by atoms with van der Waals surface area (Å²) in [5, 5.41) is 46.7. The third kappa shape index (κ3) is 7.01. The Hall–Kier alpha value is -4.63. The summed E-state index contributed by atoms with van der Waals surface area (Å²) in [6, 6.07) is 0.466. The van der Waals surface area contributed by atoms with Gasteiger partial charge in [0.15, 0.2) is 11.4 Å². The first-order valence-corrected chi connectivity index (χ1v) is 16.6. The maximum Gasteiger partial charge on any atom is 0.412 e. The fourth-order valence-electron chi connectivity index (χ4n) is 7.27. The minimum absolute atomic E-state index is 0.0495. The molecular weight excluding hydrogens is 664 g/mol. The Balaban J connectivity index is 1.83. The summed E-state index contributed by atoms with van der Waals surface area (Å²) in [6.45, 7) is 9.95. The molecule has 4 rings (SSSR count). The second-order valence-corrected chi connectivity index (χ2v) is 16.2. The number of ether oxygens (including phenoxy) is 2. The summed E-state index contributed by atoms with van der Waals surface area (Å²) in [5.74, 6) is -8.04. The lowest BCUT2D eigenvalue weighted by atomic mass is 9.57. The van der Waals surface area contributed by atoms with E-state index in [1.165, 1.54) is 23.9 Å². The van der Waals surface area contributed by atoms with Crippen molar-refractivity contribution in [2.75, 3.05) is 46.4 Å². The van der Waals surface area contributed by atoms with Gasteiger partial charge in [0.25, 0.3) is 5.91 Å². The molecule has 1 aromatic rings. The van der Waals surface area contributed by atoms with Crippen LogP contribution in [0.15, 0.2) is 23.0 Å². The molecule has 3 aliphatic rings. The van der Waals surface area contributed by atoms with Crippen LogP contribution in [0.25, 0.3) is 5.76 Å². The van der Waals surface area contributed by atoms with Gasteiger partial charge < -0.3 is 45.4 Å². The second kappa shape index (κ2) is 13.5. The molecule has 6 N–H and O–H groups in total. The number of primary amides is 1. The number of aliphatic hydroxyl groups excluding tert-OH is 2. The van der Waals surface area contributed by atoms with Crippen molar-refractivity contribution in [2.45, 2.75) is 72.6 Å². The molecule has 3 aliphatic carbocycles. The fraction of sp³-hybridized carbons (Fsp3) is 0.583. The molecule has 0 spiro atoms. The standard InChI is InChI=1S/C36H50N4O11/c1-34(2,3)15-40(33(48)51-16-50-32(47)35(4,5)6)14-18-13-21(38(7)8)19-11-17-12-20-25(39(9)10)28(43)24(31(37)46)30(45)36(20,49)29(44)22(17)27(42)23(19)26(18)41/h13,17,20,25,41-42,45,49H,11-12,14-16H2,1-10H3,(H2,37,46)/t17-,20-,25-,36-/m1/s1. The Labute approximate surface area is 297 Å². The lowest BCUT2D eigenvalue weighted by Crippen LogP contribution is -2.65. The summed E-state index contributed by atoms with van der Waals surface area (Å²) in [7, 11) is 6.57. The lowest BCUT2D eigenvalue weighted by molar-refractivity contribution is -0.162. The molecule has 1 saturated carbocycles. The minimum Gasteiger partial charge on any atom is -0.508 e. The highest BCUT2D eigenvalue weighted by molar-refractivity contribution is 6.24. The average molecular weight is 715 g/mol. The summed E-state index contributed by atoms with van der Waals surface area (Å²) in [4.78, 5) is 70.0. The third-order valence-electron chi connectivity index (χ3n) is 9.53. The SMILES string of the molecule is CN(C)c1cc(CN(CC(C)(C)C)C(=O)OCOC(=O)C(C)(C)C)c(O)c2c1C[C@@H]1C[C@@H]3[C@@H](N(C)C)C(=O)C(C(N)=O)=C(O)[C@]3(O)C(=O)C1=C2O. The molecule has 0 bridgehead atoms. The van der Waals surface area contributed by atoms with Gasteiger partial charge in [0, 0.05) is 43.4 Å². The van der Waals surface area contributed by atoms with Crippen LogP contribution in [-0.2, 0) is 41.6 Å². The number of phenols is 1. The van der Waals surface area contributed by atoms with Gasteiger partial charge in [0.1, 0.15) is 22.8 Å². The van der Waals surface area contributed by atoms with Crippen LogP contribution in [0, 0.1) is 22.7 Å². The molecule has 0 aromatic heterocycles. The zero-order chi connectivity index (χ0) is 38.7. The van der Waals surface area contributed by atoms with E-state index in [-0.39, 0.29) is 42.6 Å². The third-order valence-corrected chi connectivity index (χ3v) is 9.53. The van der Waals surface area contributed by atoms with E-state index >= 15 is 0 Å². The summed E-state index contributed by atoms with van der Waals surface area (Å²) in [6.07, 6.45) is -0.780. The Morgan fingerprint density at radius 3 is 2.12 bits per heavy atom. The Kier molecular flexibility index (Phi) is 10.4. The molecule has 0 aliphatic heterocycles. The van der Waals surface area contributed by atoms with Crippen LogP contribution in [0.2, 0.25) is 0 Å². The highest BCUT2D eigenvalue weighted by Gasteiger charge is 2.64. The van der Waals surface area contributed by atoms with Gasteiger partial charge in [-0.05, 0) is 70.7 Å². The van der Waals surface area contributed by atoms with E-state index in [0.717, 1.165) is 0 Å². The van der Waals surface area contributed by atoms with Crippen LogP contribution < -0.4 is 10.6 Å². The van der Waals surface area contributed by atoms with Crippen LogP contribution in [0.3, 0.4) is 0 Å². The van der Waals surface area contributed by atoms with Crippen molar-refractivity contribution in [1.82, 2.24) is 9.80 Å². The lowest BCUT2D eigenvalue weighted by Gasteiger charge is -2.50. The number of fused-ring (bicyclic) bond motifs is 3. The molecule has 1 aromatic carbocycles. The first-order chi connectivity index (χ1) is 23.3. The number of hydrogen-bond acceptors (Lipinski definition) is 13. The number of nitrogens with zero attached hydrogens (tertiary/aromatic N) is 3. The van der Waals surface area contributed by atoms with Crippen molar-refractivity contribution in [2.24, 2.45) is 28.4 Å². The normalized spacial score (nSPS) is 23.4. The number of amides is 2. The van der Waals surface area contributed by atoms with Crippen molar-refractivity contribution in [3.63, 3.8) is 0 Å². The number of Topliss-reactive ketones (excluding diaryl/α,β-unsaturated/α-hetero) is 2. The molecular formula is C36H50N4O11. The topological polar surface area (TPSA) is 220 Å². The highest BCUT2D eigenvalue weighted by Crippen LogP contribution is 2.54. The highest BCUT2D eigenvalue weighted by atomic mass is 16.7. The van der Waals surface area contributed by atoms with E-state index in [1.54, 1.807) is 45.8 Å². The van der Waals surface area contributed by atoms with Crippen LogP contribution in [0.5, 0.6) is 5.75 Å². The van der Waals surface area contributed by atoms with Crippen molar-refractivity contribution in [3.8, 4) is 5.75 Å². The van der Waals surface area contributed by atoms with Crippen molar-refractivity contribution in [1.29, 1.82) is 0 Å². The quantitative estimate of drug-likeness (QED) is 0.149. The smallest absolute Gasteiger partial charge is 0.412 e. The molecule has 15 heteroatoms. The predicted octanol–water partition coefficient (Wildman–Crippen LogP) is 2.56. The van der Waals surface area contributed by atoms with E-state index in [1.807, 2.05) is 20.8 Å². The van der Waals surface area contributed by atoms with Gasteiger partial charge in [-0.25, -0.2) is 4.79 Å². The number of carbonyl (C=O) groups is 5. The molecule has 4 atom stereocenters. The molecule has 0 radical (unpaired) electrons. The van der Waals surface area contributed by atoms with Gasteiger partial charge in [0.2, 0.25) is 12.6 Å². The summed E-state index contributed by atoms with van der Waals surface area (Å²) < 4.78 is 10.4. The Bertz CT molecular complexity index is 1730. The number of aliphatic hydroxyl groups is 3. The van der Waals surface area contributed by atoms with Gasteiger partial charge in [-0.3, -0.25) is 24.1 Å². The van der Waals surface area contributed by atoms with Gasteiger partial charge >= 0.3 is 12.1 Å². The van der Waals surface area contributed by atoms with Crippen molar-refractivity contribution in [3.05, 3.63) is 39.7 Å². The minimum atomic E-state index is -2.77. The van der Waals surface area contributed by atoms with Crippen LogP contribution in [-0.4, -0.2) is 113 Å². The van der Waals surface area contributed by atoms with E-state index in [2.05, 4.69) is 0 Å². The van der Waals surface area contributed by atoms with Crippen LogP contribution >= 0.6 is 0 Å². The van der Waals surface area contributed by atoms with E-state index < -0.39 is 93.5 Å². The molecule has 280 valence electrons. The van der Waals surface area contributed by atoms with Gasteiger partial charge in [0.05, 0.1) is 23.6 Å². The number of esters is 1. The monoisotopic (exact) mass is 714 g/mol. The van der Waals surface area contributed by atoms with Crippen LogP contribution in [0.4, 0.5) is 10.5 Å². The number of aromatic hydroxyl groups is 1. The molecule has 0 unspecified atom stereocenters. The van der Waals surface area contributed by atoms with Crippen molar-refractivity contribution >= 4 is 41.0 Å². The summed E-state index contributed by atoms with van der Waals surface area (Å²) in [5.41, 5.74) is 1.33. The van der Waals surface area contributed by atoms with E-state index in [0.29, 0.717) is 11.3 Å². The zero-order valence-corrected chi connectivity index (χ0v) is 30.9. The number of phenolic OH excluding ortho intramolecular Hbond substituents is 1. The largest absolute Gasteiger partial charge is 0.508 e. The fourth-order valence-corrected chi connectivity index (χ4v) is 7.27. The number of ketones is 2. The first kappa shape index (κ1) is 39.2. The Morgan fingerprint density at radius 1 is 1.00 bits per heavy atom. The van der Waals surface area contributed by atoms with E-state index in [4.69, 9.17) is 15.2 Å². The maximum absolute atomic E-state index is 14.3. The Morgan fingerprint density at radius 2 is 1.61 bits per heavy atom. The number of rotatable bonds is 8. The van der Waals surface area contributed by atoms with Crippen molar-refractivity contribution < 1.29 is 53.9 Å². The number of nitrogens with two attached hydrogens (primary N) is 1. The van der Waals surface area contributed by atoms with Crippen LogP contribution in [0.1, 0.15) is 64.7 Å². The van der Waals surface area contributed by atoms with Gasteiger partial charge in [-0.2, -0.15) is 0 Å². The first-order valence-electron chi connectivity index (χ1n) is 16.6. The van der Waals surface area contributed by atoms with Gasteiger partial charge in [-0.1, -0.05) is 20.8 Å². The number of anilines is 1. The van der Waals surface area contributed by atoms with Gasteiger partial charge in [-0.15, -0.1) is 0 Å². The number of carbonyl (C=O) groups excluding carboxylic acids is 5. The summed E-state index contributed by atoms with van der Waals surface area (Å²) >= 11 is 0. The second-order valence-electron chi connectivity index (χ2n) is 16.2. The molecule has 2 amide bonds. The molecule has 15 nitrogen and oxygen atoms in total. The average Bonchev–Trinajstić information content (AvgIpc) is 2.98. The molecule has 51 heavy (non-hydrogen) atoms. The maximum atomic E-state index is 14.3. The number of likely N-dealkylation sites (N-methyl/N-ethyl adjacent to an activating group) is 1. The molecule has 1 fully saturated rings. The molecule has 0 heterocycles. The van der Waals surface area contributed by atoms with E-state index in [9.17, 15) is 44.4 Å². The molecule has 0 saturated heterocycles. The number of hydrogen-bond donors (Lipinski definition) is 5. The number of benzene rings is 1. The predicted molar refractivity (Wildman–Crippen MR) is 185 cm³/mol.